The molecule has 0 radical (unpaired) electrons. The minimum Gasteiger partial charge on any atom is -0.478 e. The normalized spacial score (nSPS) is 9.19. The van der Waals surface area contributed by atoms with Crippen molar-refractivity contribution in [1.29, 1.82) is 5.26 Å². The van der Waals surface area contributed by atoms with Crippen molar-refractivity contribution in [3.63, 3.8) is 0 Å². The highest BCUT2D eigenvalue weighted by Gasteiger charge is 2.19. The fourth-order valence-corrected chi connectivity index (χ4v) is 2.77. The molecule has 0 saturated heterocycles. The Morgan fingerprint density at radius 1 is 0.962 bits per heavy atom. The van der Waals surface area contributed by atoms with Gasteiger partial charge in [-0.25, -0.2) is 4.79 Å². The number of nitriles is 1. The van der Waals surface area contributed by atoms with E-state index >= 15 is 0 Å². The molecule has 0 aromatic heterocycles. The SMILES string of the molecule is CC.CC.N#CCc1c(-c2ccccc2)cc2ccccc2c1C(=O)O. The van der Waals surface area contributed by atoms with Gasteiger partial charge in [0, 0.05) is 0 Å². The van der Waals surface area contributed by atoms with Gasteiger partial charge in [-0.3, -0.25) is 0 Å². The molecule has 3 aromatic rings. The molecule has 0 atom stereocenters. The Hall–Kier alpha value is -3.12. The maximum absolute atomic E-state index is 11.8. The third kappa shape index (κ3) is 4.49. The number of carbonyl (C=O) groups is 1. The summed E-state index contributed by atoms with van der Waals surface area (Å²) >= 11 is 0. The molecule has 0 spiro atoms. The van der Waals surface area contributed by atoms with E-state index in [1.165, 1.54) is 0 Å². The van der Waals surface area contributed by atoms with Crippen LogP contribution < -0.4 is 0 Å². The molecule has 3 aromatic carbocycles. The lowest BCUT2D eigenvalue weighted by Gasteiger charge is -2.14. The Morgan fingerprint density at radius 3 is 2.12 bits per heavy atom. The summed E-state index contributed by atoms with van der Waals surface area (Å²) in [5.74, 6) is -1.00. The van der Waals surface area contributed by atoms with E-state index in [1.807, 2.05) is 82.3 Å². The molecule has 0 aliphatic rings. The van der Waals surface area contributed by atoms with Crippen molar-refractivity contribution in [3.05, 3.63) is 71.8 Å². The molecule has 1 N–H and O–H groups in total. The summed E-state index contributed by atoms with van der Waals surface area (Å²) in [6.07, 6.45) is 0.0662. The van der Waals surface area contributed by atoms with E-state index < -0.39 is 5.97 Å². The van der Waals surface area contributed by atoms with Gasteiger partial charge < -0.3 is 5.11 Å². The molecule has 134 valence electrons. The Kier molecular flexibility index (Phi) is 8.60. The van der Waals surface area contributed by atoms with Gasteiger partial charge in [0.15, 0.2) is 0 Å². The number of carboxylic acid groups (broad SMARTS) is 1. The van der Waals surface area contributed by atoms with E-state index in [0.717, 1.165) is 16.5 Å². The van der Waals surface area contributed by atoms with Gasteiger partial charge in [0.1, 0.15) is 0 Å². The standard InChI is InChI=1S/C19H13NO2.2C2H6/c20-11-10-16-17(13-6-2-1-3-7-13)12-14-8-4-5-9-15(14)18(16)19(21)22;2*1-2/h1-9,12H,10H2,(H,21,22);2*1-2H3. The highest BCUT2D eigenvalue weighted by Crippen LogP contribution is 2.33. The van der Waals surface area contributed by atoms with Crippen LogP contribution in [0.3, 0.4) is 0 Å². The molecule has 0 aliphatic heterocycles. The van der Waals surface area contributed by atoms with Crippen molar-refractivity contribution in [1.82, 2.24) is 0 Å². The molecule has 0 amide bonds. The van der Waals surface area contributed by atoms with Crippen LogP contribution in [0.5, 0.6) is 0 Å². The molecule has 3 heteroatoms. The summed E-state index contributed by atoms with van der Waals surface area (Å²) in [4.78, 5) is 11.8. The molecule has 3 nitrogen and oxygen atoms in total. The Labute approximate surface area is 155 Å². The quantitative estimate of drug-likeness (QED) is 0.602. The second-order valence-corrected chi connectivity index (χ2v) is 5.00. The van der Waals surface area contributed by atoms with Gasteiger partial charge >= 0.3 is 5.97 Å². The summed E-state index contributed by atoms with van der Waals surface area (Å²) in [5, 5.41) is 20.3. The Bertz CT molecular complexity index is 893. The second-order valence-electron chi connectivity index (χ2n) is 5.00. The third-order valence-electron chi connectivity index (χ3n) is 3.71. The number of hydrogen-bond donors (Lipinski definition) is 1. The van der Waals surface area contributed by atoms with Gasteiger partial charge in [0.2, 0.25) is 0 Å². The van der Waals surface area contributed by atoms with E-state index in [9.17, 15) is 9.90 Å². The predicted octanol–water partition coefficient (Wildman–Crippen LogP) is 6.32. The number of rotatable bonds is 3. The van der Waals surface area contributed by atoms with Crippen LogP contribution in [0.1, 0.15) is 43.6 Å². The van der Waals surface area contributed by atoms with Gasteiger partial charge in [-0.2, -0.15) is 5.26 Å². The van der Waals surface area contributed by atoms with Crippen molar-refractivity contribution in [3.8, 4) is 17.2 Å². The molecule has 0 unspecified atom stereocenters. The number of benzene rings is 3. The van der Waals surface area contributed by atoms with Crippen LogP contribution in [0.15, 0.2) is 60.7 Å². The lowest BCUT2D eigenvalue weighted by molar-refractivity contribution is 0.0698. The first-order valence-electron chi connectivity index (χ1n) is 8.92. The molecule has 3 rings (SSSR count). The van der Waals surface area contributed by atoms with E-state index in [-0.39, 0.29) is 12.0 Å². The topological polar surface area (TPSA) is 61.1 Å². The molecule has 26 heavy (non-hydrogen) atoms. The molecular weight excluding hydrogens is 322 g/mol. The first-order chi connectivity index (χ1) is 12.7. The highest BCUT2D eigenvalue weighted by molar-refractivity contribution is 6.07. The number of carboxylic acids is 1. The summed E-state index contributed by atoms with van der Waals surface area (Å²) in [5.41, 5.74) is 2.51. The van der Waals surface area contributed by atoms with Crippen molar-refractivity contribution in [2.24, 2.45) is 0 Å². The molecule has 0 saturated carbocycles. The second kappa shape index (κ2) is 10.7. The largest absolute Gasteiger partial charge is 0.478 e. The summed E-state index contributed by atoms with van der Waals surface area (Å²) < 4.78 is 0. The maximum atomic E-state index is 11.8. The van der Waals surface area contributed by atoms with E-state index in [0.29, 0.717) is 10.9 Å². The van der Waals surface area contributed by atoms with Gasteiger partial charge in [-0.15, -0.1) is 0 Å². The number of hydrogen-bond acceptors (Lipinski definition) is 2. The van der Waals surface area contributed by atoms with Gasteiger partial charge in [-0.1, -0.05) is 82.3 Å². The molecule has 0 bridgehead atoms. The van der Waals surface area contributed by atoms with Crippen LogP contribution in [-0.2, 0) is 6.42 Å². The monoisotopic (exact) mass is 347 g/mol. The van der Waals surface area contributed by atoms with Gasteiger partial charge in [0.05, 0.1) is 18.1 Å². The molecule has 0 heterocycles. The van der Waals surface area contributed by atoms with Gasteiger partial charge in [0.25, 0.3) is 0 Å². The first kappa shape index (κ1) is 20.9. The average molecular weight is 347 g/mol. The van der Waals surface area contributed by atoms with Gasteiger partial charge in [-0.05, 0) is 33.5 Å². The smallest absolute Gasteiger partial charge is 0.336 e. The zero-order valence-electron chi connectivity index (χ0n) is 15.8. The maximum Gasteiger partial charge on any atom is 0.336 e. The Balaban J connectivity index is 0.000000791. The van der Waals surface area contributed by atoms with Crippen LogP contribution >= 0.6 is 0 Å². The molecular formula is C23H25NO2. The van der Waals surface area contributed by atoms with Crippen molar-refractivity contribution >= 4 is 16.7 Å². The van der Waals surface area contributed by atoms with Crippen LogP contribution in [0.4, 0.5) is 0 Å². The van der Waals surface area contributed by atoms with Crippen molar-refractivity contribution in [2.45, 2.75) is 34.1 Å². The summed E-state index contributed by atoms with van der Waals surface area (Å²) in [6.45, 7) is 8.00. The predicted molar refractivity (Wildman–Crippen MR) is 108 cm³/mol. The highest BCUT2D eigenvalue weighted by atomic mass is 16.4. The average Bonchev–Trinajstić information content (AvgIpc) is 2.71. The zero-order valence-corrected chi connectivity index (χ0v) is 15.8. The molecule has 0 aliphatic carbocycles. The van der Waals surface area contributed by atoms with E-state index in [2.05, 4.69) is 6.07 Å². The van der Waals surface area contributed by atoms with Crippen LogP contribution in [0.25, 0.3) is 21.9 Å². The number of nitrogens with zero attached hydrogens (tertiary/aromatic N) is 1. The van der Waals surface area contributed by atoms with Crippen molar-refractivity contribution in [2.75, 3.05) is 0 Å². The van der Waals surface area contributed by atoms with E-state index in [4.69, 9.17) is 5.26 Å². The number of fused-ring (bicyclic) bond motifs is 1. The number of aromatic carboxylic acids is 1. The first-order valence-corrected chi connectivity index (χ1v) is 8.92. The minimum absolute atomic E-state index is 0.0662. The van der Waals surface area contributed by atoms with Crippen molar-refractivity contribution < 1.29 is 9.90 Å². The van der Waals surface area contributed by atoms with Crippen LogP contribution in [0, 0.1) is 11.3 Å². The zero-order chi connectivity index (χ0) is 19.5. The fraction of sp³-hybridized carbons (Fsp3) is 0.217. The lowest BCUT2D eigenvalue weighted by Crippen LogP contribution is -2.05. The van der Waals surface area contributed by atoms with Crippen LogP contribution in [0.2, 0.25) is 0 Å². The molecule has 0 fully saturated rings. The van der Waals surface area contributed by atoms with E-state index in [1.54, 1.807) is 6.07 Å². The summed E-state index contributed by atoms with van der Waals surface area (Å²) in [7, 11) is 0. The minimum atomic E-state index is -1.00. The summed E-state index contributed by atoms with van der Waals surface area (Å²) in [6, 6.07) is 21.0. The lowest BCUT2D eigenvalue weighted by atomic mass is 9.89. The fourth-order valence-electron chi connectivity index (χ4n) is 2.77. The third-order valence-corrected chi connectivity index (χ3v) is 3.71. The Morgan fingerprint density at radius 2 is 1.54 bits per heavy atom. The van der Waals surface area contributed by atoms with Crippen LogP contribution in [-0.4, -0.2) is 11.1 Å².